The summed E-state index contributed by atoms with van der Waals surface area (Å²) in [5.74, 6) is 0. The molecule has 0 aliphatic rings. The van der Waals surface area contributed by atoms with E-state index in [1.165, 1.54) is 11.1 Å². The zero-order valence-corrected chi connectivity index (χ0v) is 13.6. The molecule has 0 fully saturated rings. The van der Waals surface area contributed by atoms with Gasteiger partial charge in [-0.15, -0.1) is 0 Å². The predicted molar refractivity (Wildman–Crippen MR) is 88.7 cm³/mol. The number of benzene rings is 2. The van der Waals surface area contributed by atoms with Crippen LogP contribution in [0.2, 0.25) is 0 Å². The van der Waals surface area contributed by atoms with Crippen LogP contribution in [0.1, 0.15) is 17.2 Å². The summed E-state index contributed by atoms with van der Waals surface area (Å²) in [4.78, 5) is 2.21. The smallest absolute Gasteiger partial charge is 0.0451 e. The van der Waals surface area contributed by atoms with Crippen LogP contribution in [0.3, 0.4) is 0 Å². The molecule has 3 heteroatoms. The lowest BCUT2D eigenvalue weighted by Crippen LogP contribution is -2.30. The highest BCUT2D eigenvalue weighted by Gasteiger charge is 2.11. The largest absolute Gasteiger partial charge is 0.308 e. The van der Waals surface area contributed by atoms with Gasteiger partial charge in [0.2, 0.25) is 0 Å². The van der Waals surface area contributed by atoms with Crippen molar-refractivity contribution in [2.45, 2.75) is 12.6 Å². The van der Waals surface area contributed by atoms with Crippen molar-refractivity contribution >= 4 is 15.9 Å². The third-order valence-corrected chi connectivity index (χ3v) is 3.68. The molecule has 0 bridgehead atoms. The molecule has 1 N–H and O–H groups in total. The van der Waals surface area contributed by atoms with Crippen molar-refractivity contribution in [1.82, 2.24) is 10.2 Å². The standard InChI is InChI=1S/C17H21BrN2/c1-20(2)13-17(15-8-4-3-5-9-15)19-12-14-7-6-10-16(18)11-14/h3-11,17,19H,12-13H2,1-2H3. The number of likely N-dealkylation sites (N-methyl/N-ethyl adjacent to an activating group) is 1. The molecule has 0 radical (unpaired) electrons. The van der Waals surface area contributed by atoms with Crippen LogP contribution in [0.5, 0.6) is 0 Å². The van der Waals surface area contributed by atoms with Gasteiger partial charge in [-0.1, -0.05) is 58.4 Å². The van der Waals surface area contributed by atoms with E-state index in [-0.39, 0.29) is 0 Å². The van der Waals surface area contributed by atoms with Crippen LogP contribution in [0.4, 0.5) is 0 Å². The van der Waals surface area contributed by atoms with Crippen molar-refractivity contribution < 1.29 is 0 Å². The summed E-state index contributed by atoms with van der Waals surface area (Å²) in [6.07, 6.45) is 0. The molecule has 0 spiro atoms. The Balaban J connectivity index is 2.05. The van der Waals surface area contributed by atoms with Crippen molar-refractivity contribution in [1.29, 1.82) is 0 Å². The number of nitrogens with zero attached hydrogens (tertiary/aromatic N) is 1. The highest BCUT2D eigenvalue weighted by molar-refractivity contribution is 9.10. The van der Waals surface area contributed by atoms with E-state index in [0.29, 0.717) is 6.04 Å². The molecule has 0 saturated carbocycles. The Morgan fingerprint density at radius 3 is 2.45 bits per heavy atom. The van der Waals surface area contributed by atoms with Crippen LogP contribution >= 0.6 is 15.9 Å². The Labute approximate surface area is 129 Å². The molecule has 1 atom stereocenters. The SMILES string of the molecule is CN(C)CC(NCc1cccc(Br)c1)c1ccccc1. The van der Waals surface area contributed by atoms with E-state index in [9.17, 15) is 0 Å². The van der Waals surface area contributed by atoms with E-state index in [0.717, 1.165) is 17.6 Å². The van der Waals surface area contributed by atoms with Gasteiger partial charge in [0.25, 0.3) is 0 Å². The highest BCUT2D eigenvalue weighted by atomic mass is 79.9. The zero-order chi connectivity index (χ0) is 14.4. The molecule has 2 nitrogen and oxygen atoms in total. The van der Waals surface area contributed by atoms with E-state index in [2.05, 4.69) is 94.8 Å². The topological polar surface area (TPSA) is 15.3 Å². The second-order valence-electron chi connectivity index (χ2n) is 5.24. The number of hydrogen-bond acceptors (Lipinski definition) is 2. The van der Waals surface area contributed by atoms with Gasteiger partial charge in [0.1, 0.15) is 0 Å². The number of rotatable bonds is 6. The molecule has 1 unspecified atom stereocenters. The van der Waals surface area contributed by atoms with Gasteiger partial charge in [0.05, 0.1) is 0 Å². The molecule has 0 aliphatic heterocycles. The monoisotopic (exact) mass is 332 g/mol. The normalized spacial score (nSPS) is 12.6. The molecule has 106 valence electrons. The van der Waals surface area contributed by atoms with Crippen LogP contribution in [-0.4, -0.2) is 25.5 Å². The van der Waals surface area contributed by atoms with E-state index in [4.69, 9.17) is 0 Å². The minimum Gasteiger partial charge on any atom is -0.308 e. The van der Waals surface area contributed by atoms with E-state index in [1.54, 1.807) is 0 Å². The van der Waals surface area contributed by atoms with Gasteiger partial charge in [-0.3, -0.25) is 0 Å². The molecule has 0 amide bonds. The number of nitrogens with one attached hydrogen (secondary N) is 1. The van der Waals surface area contributed by atoms with Crippen molar-refractivity contribution in [2.75, 3.05) is 20.6 Å². The van der Waals surface area contributed by atoms with E-state index < -0.39 is 0 Å². The molecule has 0 aromatic heterocycles. The maximum absolute atomic E-state index is 3.65. The van der Waals surface area contributed by atoms with Crippen molar-refractivity contribution in [3.63, 3.8) is 0 Å². The Hall–Kier alpha value is -1.16. The first kappa shape index (κ1) is 15.2. The van der Waals surface area contributed by atoms with Crippen LogP contribution in [0.25, 0.3) is 0 Å². The van der Waals surface area contributed by atoms with Gasteiger partial charge < -0.3 is 10.2 Å². The molecule has 2 aromatic rings. The molecule has 2 rings (SSSR count). The van der Waals surface area contributed by atoms with Crippen LogP contribution in [-0.2, 0) is 6.54 Å². The van der Waals surface area contributed by atoms with Gasteiger partial charge >= 0.3 is 0 Å². The minimum absolute atomic E-state index is 0.338. The molecule has 20 heavy (non-hydrogen) atoms. The molecular formula is C17H21BrN2. The first-order chi connectivity index (χ1) is 9.65. The molecule has 0 saturated heterocycles. The first-order valence-electron chi connectivity index (χ1n) is 6.82. The Kier molecular flexibility index (Phi) is 5.77. The fraction of sp³-hybridized carbons (Fsp3) is 0.294. The van der Waals surface area contributed by atoms with Gasteiger partial charge in [-0.05, 0) is 37.4 Å². The maximum Gasteiger partial charge on any atom is 0.0451 e. The van der Waals surface area contributed by atoms with Gasteiger partial charge in [-0.25, -0.2) is 0 Å². The summed E-state index contributed by atoms with van der Waals surface area (Å²) in [5, 5.41) is 3.65. The third kappa shape index (κ3) is 4.75. The van der Waals surface area contributed by atoms with Crippen molar-refractivity contribution in [2.24, 2.45) is 0 Å². The molecule has 0 heterocycles. The zero-order valence-electron chi connectivity index (χ0n) is 12.0. The Morgan fingerprint density at radius 1 is 1.05 bits per heavy atom. The minimum atomic E-state index is 0.338. The Bertz CT molecular complexity index is 526. The summed E-state index contributed by atoms with van der Waals surface area (Å²) < 4.78 is 1.13. The van der Waals surface area contributed by atoms with E-state index in [1.807, 2.05) is 0 Å². The Morgan fingerprint density at radius 2 is 1.80 bits per heavy atom. The fourth-order valence-electron chi connectivity index (χ4n) is 2.23. The number of halogens is 1. The number of hydrogen-bond donors (Lipinski definition) is 1. The highest BCUT2D eigenvalue weighted by Crippen LogP contribution is 2.16. The maximum atomic E-state index is 3.65. The fourth-order valence-corrected chi connectivity index (χ4v) is 2.67. The lowest BCUT2D eigenvalue weighted by molar-refractivity contribution is 0.340. The van der Waals surface area contributed by atoms with Gasteiger partial charge in [-0.2, -0.15) is 0 Å². The lowest BCUT2D eigenvalue weighted by Gasteiger charge is -2.23. The average Bonchev–Trinajstić information content (AvgIpc) is 2.44. The van der Waals surface area contributed by atoms with Crippen LogP contribution < -0.4 is 5.32 Å². The van der Waals surface area contributed by atoms with Crippen LogP contribution in [0, 0.1) is 0 Å². The third-order valence-electron chi connectivity index (χ3n) is 3.19. The summed E-state index contributed by atoms with van der Waals surface area (Å²) in [6.45, 7) is 1.85. The predicted octanol–water partition coefficient (Wildman–Crippen LogP) is 3.84. The van der Waals surface area contributed by atoms with Gasteiger partial charge in [0.15, 0.2) is 0 Å². The quantitative estimate of drug-likeness (QED) is 0.864. The van der Waals surface area contributed by atoms with Gasteiger partial charge in [0, 0.05) is 23.6 Å². The molecule has 2 aromatic carbocycles. The average molecular weight is 333 g/mol. The summed E-state index contributed by atoms with van der Waals surface area (Å²) >= 11 is 3.52. The lowest BCUT2D eigenvalue weighted by atomic mass is 10.1. The summed E-state index contributed by atoms with van der Waals surface area (Å²) in [6, 6.07) is 19.4. The first-order valence-corrected chi connectivity index (χ1v) is 7.62. The molecule has 0 aliphatic carbocycles. The van der Waals surface area contributed by atoms with Crippen LogP contribution in [0.15, 0.2) is 59.1 Å². The summed E-state index contributed by atoms with van der Waals surface area (Å²) in [5.41, 5.74) is 2.62. The summed E-state index contributed by atoms with van der Waals surface area (Å²) in [7, 11) is 4.22. The second-order valence-corrected chi connectivity index (χ2v) is 6.15. The van der Waals surface area contributed by atoms with E-state index >= 15 is 0 Å². The van der Waals surface area contributed by atoms with Crippen molar-refractivity contribution in [3.8, 4) is 0 Å². The molecular weight excluding hydrogens is 312 g/mol. The second kappa shape index (κ2) is 7.58. The van der Waals surface area contributed by atoms with Crippen molar-refractivity contribution in [3.05, 3.63) is 70.2 Å².